The minimum Gasteiger partial charge on any atom is -0.355 e. The Morgan fingerprint density at radius 1 is 1.00 bits per heavy atom. The van der Waals surface area contributed by atoms with Crippen LogP contribution in [0.5, 0.6) is 0 Å². The number of benzene rings is 2. The van der Waals surface area contributed by atoms with Gasteiger partial charge in [0.2, 0.25) is 11.7 Å². The molecular formula is C20H18F3N3OS. The fourth-order valence-corrected chi connectivity index (χ4v) is 3.48. The number of thioether (sulfide) groups is 1. The van der Waals surface area contributed by atoms with Crippen LogP contribution < -0.4 is 5.32 Å². The number of carbonyl (C=O) groups is 1. The van der Waals surface area contributed by atoms with E-state index in [-0.39, 0.29) is 22.2 Å². The molecule has 3 rings (SSSR count). The summed E-state index contributed by atoms with van der Waals surface area (Å²) in [6, 6.07) is 16.4. The predicted octanol–water partition coefficient (Wildman–Crippen LogP) is 4.49. The second kappa shape index (κ2) is 9.05. The molecule has 1 aromatic heterocycles. The van der Waals surface area contributed by atoms with E-state index in [1.807, 2.05) is 30.3 Å². The van der Waals surface area contributed by atoms with Crippen LogP contribution in [0.3, 0.4) is 0 Å². The smallest absolute Gasteiger partial charge is 0.355 e. The van der Waals surface area contributed by atoms with Gasteiger partial charge >= 0.3 is 6.18 Å². The van der Waals surface area contributed by atoms with Gasteiger partial charge in [-0.1, -0.05) is 60.3 Å². The Morgan fingerprint density at radius 2 is 1.71 bits per heavy atom. The largest absolute Gasteiger partial charge is 0.451 e. The second-order valence-corrected chi connectivity index (χ2v) is 7.06. The number of halogens is 3. The monoisotopic (exact) mass is 405 g/mol. The van der Waals surface area contributed by atoms with Crippen LogP contribution in [0.1, 0.15) is 17.8 Å². The number of amides is 1. The van der Waals surface area contributed by atoms with Crippen molar-refractivity contribution in [3.63, 3.8) is 0 Å². The van der Waals surface area contributed by atoms with Crippen molar-refractivity contribution in [3.8, 4) is 0 Å². The molecule has 146 valence electrons. The van der Waals surface area contributed by atoms with Gasteiger partial charge in [0, 0.05) is 11.9 Å². The predicted molar refractivity (Wildman–Crippen MR) is 103 cm³/mol. The van der Waals surface area contributed by atoms with Crippen molar-refractivity contribution in [2.24, 2.45) is 0 Å². The highest BCUT2D eigenvalue weighted by atomic mass is 32.2. The Balaban J connectivity index is 1.57. The van der Waals surface area contributed by atoms with Gasteiger partial charge in [0.1, 0.15) is 5.03 Å². The van der Waals surface area contributed by atoms with Crippen molar-refractivity contribution >= 4 is 28.6 Å². The lowest BCUT2D eigenvalue weighted by Gasteiger charge is -2.10. The number of rotatable bonds is 7. The van der Waals surface area contributed by atoms with Crippen LogP contribution >= 0.6 is 11.8 Å². The molecule has 8 heteroatoms. The minimum absolute atomic E-state index is 0.0103. The molecule has 0 fully saturated rings. The van der Waals surface area contributed by atoms with E-state index in [1.54, 1.807) is 18.2 Å². The Hall–Kier alpha value is -2.61. The number of nitrogens with one attached hydrogen (secondary N) is 1. The van der Waals surface area contributed by atoms with Gasteiger partial charge in [-0.2, -0.15) is 13.2 Å². The molecule has 2 aromatic carbocycles. The van der Waals surface area contributed by atoms with E-state index in [2.05, 4.69) is 15.3 Å². The molecule has 3 aromatic rings. The number of hydrogen-bond acceptors (Lipinski definition) is 4. The van der Waals surface area contributed by atoms with Gasteiger partial charge in [-0.25, -0.2) is 9.97 Å². The van der Waals surface area contributed by atoms with Crippen molar-refractivity contribution in [3.05, 3.63) is 66.0 Å². The zero-order valence-corrected chi connectivity index (χ0v) is 15.7. The van der Waals surface area contributed by atoms with Gasteiger partial charge in [0.05, 0.1) is 11.3 Å². The summed E-state index contributed by atoms with van der Waals surface area (Å²) in [4.78, 5) is 19.2. The van der Waals surface area contributed by atoms with Gasteiger partial charge < -0.3 is 5.32 Å². The first-order valence-corrected chi connectivity index (χ1v) is 9.69. The summed E-state index contributed by atoms with van der Waals surface area (Å²) >= 11 is 0.980. The molecule has 0 saturated heterocycles. The standard InChI is InChI=1S/C20H18F3N3OS/c21-20(22,23)19-25-16-11-5-4-10-15(16)18(26-19)28-13-17(27)24-12-6-9-14-7-2-1-3-8-14/h1-5,7-8,10-11H,6,9,12-13H2,(H,24,27). The van der Waals surface area contributed by atoms with Crippen LogP contribution in [0.15, 0.2) is 59.6 Å². The first kappa shape index (κ1) is 20.1. The van der Waals surface area contributed by atoms with Crippen molar-refractivity contribution in [2.45, 2.75) is 24.0 Å². The maximum atomic E-state index is 13.0. The molecule has 0 radical (unpaired) electrons. The first-order chi connectivity index (χ1) is 13.4. The summed E-state index contributed by atoms with van der Waals surface area (Å²) in [6.07, 6.45) is -3.01. The molecule has 1 heterocycles. The lowest BCUT2D eigenvalue weighted by molar-refractivity contribution is -0.145. The van der Waals surface area contributed by atoms with E-state index >= 15 is 0 Å². The summed E-state index contributed by atoms with van der Waals surface area (Å²) in [5.41, 5.74) is 1.40. The number of aryl methyl sites for hydroxylation is 1. The van der Waals surface area contributed by atoms with Gasteiger partial charge in [-0.3, -0.25) is 4.79 Å². The van der Waals surface area contributed by atoms with Crippen LogP contribution in [-0.4, -0.2) is 28.2 Å². The third-order valence-electron chi connectivity index (χ3n) is 3.97. The quantitative estimate of drug-likeness (QED) is 0.358. The molecule has 0 aliphatic rings. The highest BCUT2D eigenvalue weighted by Crippen LogP contribution is 2.31. The number of fused-ring (bicyclic) bond motifs is 1. The highest BCUT2D eigenvalue weighted by molar-refractivity contribution is 8.00. The molecule has 0 aliphatic heterocycles. The lowest BCUT2D eigenvalue weighted by Crippen LogP contribution is -2.26. The third-order valence-corrected chi connectivity index (χ3v) is 4.96. The lowest BCUT2D eigenvalue weighted by atomic mass is 10.1. The number of para-hydroxylation sites is 1. The SMILES string of the molecule is O=C(CSc1nc(C(F)(F)F)nc2ccccc12)NCCCc1ccccc1. The Morgan fingerprint density at radius 3 is 2.46 bits per heavy atom. The van der Waals surface area contributed by atoms with Crippen LogP contribution in [0.25, 0.3) is 10.9 Å². The fourth-order valence-electron chi connectivity index (χ4n) is 2.63. The van der Waals surface area contributed by atoms with Gasteiger partial charge in [0.25, 0.3) is 0 Å². The van der Waals surface area contributed by atoms with Gasteiger partial charge in [0.15, 0.2) is 0 Å². The molecule has 28 heavy (non-hydrogen) atoms. The number of nitrogens with zero attached hydrogens (tertiary/aromatic N) is 2. The summed E-state index contributed by atoms with van der Waals surface area (Å²) < 4.78 is 39.1. The van der Waals surface area contributed by atoms with E-state index in [9.17, 15) is 18.0 Å². The number of carbonyl (C=O) groups excluding carboxylic acids is 1. The molecule has 4 nitrogen and oxygen atoms in total. The zero-order chi connectivity index (χ0) is 20.0. The number of aromatic nitrogens is 2. The van der Waals surface area contributed by atoms with Crippen LogP contribution in [0, 0.1) is 0 Å². The maximum Gasteiger partial charge on any atom is 0.451 e. The van der Waals surface area contributed by atoms with Gasteiger partial charge in [-0.05, 0) is 24.5 Å². The van der Waals surface area contributed by atoms with E-state index < -0.39 is 12.0 Å². The van der Waals surface area contributed by atoms with Crippen LogP contribution in [0.2, 0.25) is 0 Å². The van der Waals surface area contributed by atoms with Crippen LogP contribution in [-0.2, 0) is 17.4 Å². The molecule has 1 amide bonds. The Labute approximate surface area is 164 Å². The third kappa shape index (κ3) is 5.45. The topological polar surface area (TPSA) is 54.9 Å². The molecular weight excluding hydrogens is 387 g/mol. The second-order valence-electron chi connectivity index (χ2n) is 6.10. The number of alkyl halides is 3. The molecule has 0 unspecified atom stereocenters. The Bertz CT molecular complexity index is 948. The Kier molecular flexibility index (Phi) is 6.51. The summed E-state index contributed by atoms with van der Waals surface area (Å²) in [5, 5.41) is 3.44. The fraction of sp³-hybridized carbons (Fsp3) is 0.250. The maximum absolute atomic E-state index is 13.0. The molecule has 0 bridgehead atoms. The molecule has 0 saturated carbocycles. The van der Waals surface area contributed by atoms with Crippen molar-refractivity contribution in [1.82, 2.24) is 15.3 Å². The summed E-state index contributed by atoms with van der Waals surface area (Å²) in [7, 11) is 0. The molecule has 0 aliphatic carbocycles. The van der Waals surface area contributed by atoms with E-state index in [1.165, 1.54) is 11.6 Å². The van der Waals surface area contributed by atoms with E-state index in [0.717, 1.165) is 24.6 Å². The molecule has 0 spiro atoms. The number of hydrogen-bond donors (Lipinski definition) is 1. The molecule has 1 N–H and O–H groups in total. The minimum atomic E-state index is -4.64. The van der Waals surface area contributed by atoms with Gasteiger partial charge in [-0.15, -0.1) is 0 Å². The summed E-state index contributed by atoms with van der Waals surface area (Å²) in [5.74, 6) is -1.45. The highest BCUT2D eigenvalue weighted by Gasteiger charge is 2.35. The van der Waals surface area contributed by atoms with E-state index in [4.69, 9.17) is 0 Å². The van der Waals surface area contributed by atoms with Crippen LogP contribution in [0.4, 0.5) is 13.2 Å². The summed E-state index contributed by atoms with van der Waals surface area (Å²) in [6.45, 7) is 0.507. The molecule has 0 atom stereocenters. The average Bonchev–Trinajstić information content (AvgIpc) is 2.69. The normalized spacial score (nSPS) is 11.5. The zero-order valence-electron chi connectivity index (χ0n) is 14.9. The van der Waals surface area contributed by atoms with Crippen molar-refractivity contribution in [1.29, 1.82) is 0 Å². The van der Waals surface area contributed by atoms with E-state index in [0.29, 0.717) is 11.9 Å². The van der Waals surface area contributed by atoms with Crippen molar-refractivity contribution < 1.29 is 18.0 Å². The van der Waals surface area contributed by atoms with Crippen molar-refractivity contribution in [2.75, 3.05) is 12.3 Å². The first-order valence-electron chi connectivity index (χ1n) is 8.71. The average molecular weight is 405 g/mol.